The van der Waals surface area contributed by atoms with Crippen molar-refractivity contribution in [3.8, 4) is 5.69 Å². The lowest BCUT2D eigenvalue weighted by Gasteiger charge is -2.10. The lowest BCUT2D eigenvalue weighted by Crippen LogP contribution is -2.17. The van der Waals surface area contributed by atoms with Crippen LogP contribution in [0.5, 0.6) is 0 Å². The summed E-state index contributed by atoms with van der Waals surface area (Å²) in [5, 5.41) is 2.77. The van der Waals surface area contributed by atoms with E-state index in [0.29, 0.717) is 0 Å². The minimum absolute atomic E-state index is 0.0525. The van der Waals surface area contributed by atoms with E-state index in [-0.39, 0.29) is 16.3 Å². The number of nitrogens with two attached hydrogens (primary N) is 1. The minimum Gasteiger partial charge on any atom is -0.383 e. The molecule has 3 aromatic rings. The Balaban J connectivity index is 2.24. The summed E-state index contributed by atoms with van der Waals surface area (Å²) in [5.74, 6) is -2.61. The van der Waals surface area contributed by atoms with Gasteiger partial charge in [0.1, 0.15) is 5.82 Å². The molecule has 8 nitrogen and oxygen atoms in total. The number of nitrogen functional groups attached to an aromatic ring is 1. The number of halogens is 6. The third-order valence-corrected chi connectivity index (χ3v) is 3.56. The van der Waals surface area contributed by atoms with Crippen molar-refractivity contribution in [1.29, 1.82) is 0 Å². The highest BCUT2D eigenvalue weighted by Crippen LogP contribution is 2.38. The lowest BCUT2D eigenvalue weighted by molar-refractivity contribution is -0.736. The van der Waals surface area contributed by atoms with Crippen LogP contribution in [-0.2, 0) is 17.2 Å². The molecule has 0 aliphatic rings. The molecule has 148 valence electrons. The van der Waals surface area contributed by atoms with Gasteiger partial charge in [-0.25, -0.2) is 19.5 Å². The monoisotopic (exact) mass is 407 g/mol. The summed E-state index contributed by atoms with van der Waals surface area (Å²) < 4.78 is 79.1. The molecule has 2 aromatic heterocycles. The molecule has 2 N–H and O–H groups in total. The van der Waals surface area contributed by atoms with E-state index >= 15 is 0 Å². The topological polar surface area (TPSA) is 98.9 Å². The SMILES string of the molecule is CO[N+](=O)c1ccc(-n2nc3nc(C(F)(F)F)nc(C(F)(F)F)c3c2N)cc1. The standard InChI is InChI=1S/C14H9F6N6O2/c1-28-26(27)7-4-2-6(3-5-7)25-10(21)8-9(13(15,16)17)22-12(14(18,19)20)23-11(8)24-25/h2-5H,21H2,1H3/q+1. The normalized spacial score (nSPS) is 12.4. The molecule has 0 unspecified atom stereocenters. The van der Waals surface area contributed by atoms with Gasteiger partial charge in [-0.2, -0.15) is 26.3 Å². The van der Waals surface area contributed by atoms with E-state index in [1.54, 1.807) is 0 Å². The summed E-state index contributed by atoms with van der Waals surface area (Å²) in [6.07, 6.45) is -10.4. The molecule has 2 heterocycles. The van der Waals surface area contributed by atoms with Crippen molar-refractivity contribution in [3.63, 3.8) is 0 Å². The molecule has 0 amide bonds. The van der Waals surface area contributed by atoms with Gasteiger partial charge in [-0.15, -0.1) is 5.10 Å². The molecule has 0 radical (unpaired) electrons. The summed E-state index contributed by atoms with van der Waals surface area (Å²) >= 11 is 0. The van der Waals surface area contributed by atoms with Crippen LogP contribution in [0.3, 0.4) is 0 Å². The Labute approximate surface area is 151 Å². The summed E-state index contributed by atoms with van der Waals surface area (Å²) in [4.78, 5) is 21.6. The van der Waals surface area contributed by atoms with Crippen molar-refractivity contribution < 1.29 is 36.1 Å². The van der Waals surface area contributed by atoms with E-state index in [9.17, 15) is 31.2 Å². The van der Waals surface area contributed by atoms with Crippen LogP contribution in [-0.4, -0.2) is 31.8 Å². The fourth-order valence-corrected chi connectivity index (χ4v) is 2.36. The van der Waals surface area contributed by atoms with Gasteiger partial charge in [-0.3, -0.25) is 0 Å². The maximum atomic E-state index is 13.3. The predicted molar refractivity (Wildman–Crippen MR) is 81.4 cm³/mol. The van der Waals surface area contributed by atoms with Crippen molar-refractivity contribution in [2.24, 2.45) is 0 Å². The number of benzene rings is 1. The second kappa shape index (κ2) is 6.31. The van der Waals surface area contributed by atoms with Crippen LogP contribution in [0.25, 0.3) is 16.7 Å². The number of hydrogen-bond acceptors (Lipinski definition) is 6. The summed E-state index contributed by atoms with van der Waals surface area (Å²) in [7, 11) is 1.12. The van der Waals surface area contributed by atoms with E-state index < -0.39 is 40.7 Å². The number of anilines is 1. The third-order valence-electron chi connectivity index (χ3n) is 3.56. The Bertz CT molecular complexity index is 1060. The number of nitrogens with zero attached hydrogens (tertiary/aromatic N) is 5. The maximum Gasteiger partial charge on any atom is 0.451 e. The van der Waals surface area contributed by atoms with Crippen LogP contribution in [0, 0.1) is 4.91 Å². The first-order chi connectivity index (χ1) is 12.9. The molecule has 0 atom stereocenters. The molecule has 0 spiro atoms. The van der Waals surface area contributed by atoms with Crippen LogP contribution < -0.4 is 5.73 Å². The lowest BCUT2D eigenvalue weighted by atomic mass is 10.2. The molecule has 14 heteroatoms. The van der Waals surface area contributed by atoms with E-state index in [1.165, 1.54) is 24.3 Å². The van der Waals surface area contributed by atoms with Gasteiger partial charge in [0.05, 0.1) is 16.0 Å². The van der Waals surface area contributed by atoms with Crippen molar-refractivity contribution in [2.75, 3.05) is 12.8 Å². The van der Waals surface area contributed by atoms with Gasteiger partial charge in [0.2, 0.25) is 5.82 Å². The Morgan fingerprint density at radius 2 is 1.64 bits per heavy atom. The summed E-state index contributed by atoms with van der Waals surface area (Å²) in [5.41, 5.74) is 3.09. The smallest absolute Gasteiger partial charge is 0.383 e. The van der Waals surface area contributed by atoms with E-state index in [0.717, 1.165) is 11.8 Å². The molecule has 0 aliphatic carbocycles. The van der Waals surface area contributed by atoms with E-state index in [4.69, 9.17) is 5.73 Å². The van der Waals surface area contributed by atoms with Gasteiger partial charge in [-0.1, -0.05) is 0 Å². The predicted octanol–water partition coefficient (Wildman–Crippen LogP) is 3.41. The molecular weight excluding hydrogens is 398 g/mol. The van der Waals surface area contributed by atoms with Gasteiger partial charge in [0, 0.05) is 12.1 Å². The Morgan fingerprint density at radius 3 is 2.14 bits per heavy atom. The first kappa shape index (κ1) is 19.3. The highest BCUT2D eigenvalue weighted by molar-refractivity contribution is 5.90. The quantitative estimate of drug-likeness (QED) is 0.528. The molecular formula is C14H9F6N6O2+. The second-order valence-electron chi connectivity index (χ2n) is 5.34. The van der Waals surface area contributed by atoms with E-state index in [1.807, 2.05) is 0 Å². The van der Waals surface area contributed by atoms with Crippen molar-refractivity contribution in [2.45, 2.75) is 12.4 Å². The minimum atomic E-state index is -5.23. The highest BCUT2D eigenvalue weighted by atomic mass is 19.4. The average molecular weight is 407 g/mol. The molecule has 0 bridgehead atoms. The summed E-state index contributed by atoms with van der Waals surface area (Å²) in [6, 6.07) is 5.00. The third kappa shape index (κ3) is 3.27. The first-order valence-electron chi connectivity index (χ1n) is 7.26. The van der Waals surface area contributed by atoms with Crippen LogP contribution in [0.2, 0.25) is 0 Å². The van der Waals surface area contributed by atoms with Gasteiger partial charge in [0.25, 0.3) is 4.92 Å². The molecule has 0 saturated heterocycles. The van der Waals surface area contributed by atoms with E-state index in [2.05, 4.69) is 19.9 Å². The first-order valence-corrected chi connectivity index (χ1v) is 7.26. The van der Waals surface area contributed by atoms with Crippen LogP contribution in [0.4, 0.5) is 37.8 Å². The van der Waals surface area contributed by atoms with Crippen molar-refractivity contribution in [1.82, 2.24) is 19.7 Å². The average Bonchev–Trinajstić information content (AvgIpc) is 2.95. The zero-order valence-corrected chi connectivity index (χ0v) is 13.7. The number of hydrogen-bond donors (Lipinski definition) is 1. The zero-order chi connectivity index (χ0) is 20.9. The van der Waals surface area contributed by atoms with Crippen LogP contribution in [0.15, 0.2) is 24.3 Å². The van der Waals surface area contributed by atoms with Crippen LogP contribution in [0.1, 0.15) is 11.5 Å². The van der Waals surface area contributed by atoms with Crippen molar-refractivity contribution in [3.05, 3.63) is 40.7 Å². The largest absolute Gasteiger partial charge is 0.451 e. The zero-order valence-electron chi connectivity index (χ0n) is 13.7. The molecule has 3 rings (SSSR count). The fraction of sp³-hybridized carbons (Fsp3) is 0.214. The Kier molecular flexibility index (Phi) is 4.36. The number of alkyl halides is 6. The number of fused-ring (bicyclic) bond motifs is 1. The Morgan fingerprint density at radius 1 is 1.04 bits per heavy atom. The molecule has 28 heavy (non-hydrogen) atoms. The Hall–Kier alpha value is -3.45. The number of aromatic nitrogens is 4. The molecule has 1 aromatic carbocycles. The van der Waals surface area contributed by atoms with Crippen LogP contribution >= 0.6 is 0 Å². The van der Waals surface area contributed by atoms with Crippen molar-refractivity contribution >= 4 is 22.5 Å². The van der Waals surface area contributed by atoms with Gasteiger partial charge >= 0.3 is 18.0 Å². The molecule has 0 aliphatic heterocycles. The molecule has 0 saturated carbocycles. The second-order valence-corrected chi connectivity index (χ2v) is 5.34. The fourth-order valence-electron chi connectivity index (χ4n) is 2.36. The summed E-state index contributed by atoms with van der Waals surface area (Å²) in [6.45, 7) is 0. The number of rotatable bonds is 3. The highest BCUT2D eigenvalue weighted by Gasteiger charge is 2.43. The van der Waals surface area contributed by atoms with Gasteiger partial charge in [-0.05, 0) is 12.1 Å². The van der Waals surface area contributed by atoms with Gasteiger partial charge in [0.15, 0.2) is 18.5 Å². The molecule has 0 fully saturated rings. The maximum absolute atomic E-state index is 13.3. The van der Waals surface area contributed by atoms with Gasteiger partial charge < -0.3 is 5.73 Å².